The largest absolute Gasteiger partial charge is 0.494 e. The molecule has 0 spiro atoms. The maximum atomic E-state index is 13.3. The Kier molecular flexibility index (Phi) is 4.51. The molecule has 3 aromatic carbocycles. The summed E-state index contributed by atoms with van der Waals surface area (Å²) in [6, 6.07) is 18.2. The third kappa shape index (κ3) is 3.78. The maximum absolute atomic E-state index is 13.3. The number of nitrogens with zero attached hydrogens (tertiary/aromatic N) is 2. The molecule has 130 valence electrons. The Balaban J connectivity index is 1.56. The normalized spacial score (nSPS) is 10.3. The van der Waals surface area contributed by atoms with Gasteiger partial charge in [-0.3, -0.25) is 0 Å². The number of aromatic nitrogens is 2. The molecular formula is C23H15FN2O. The zero-order chi connectivity index (χ0) is 18.6. The molecule has 1 heterocycles. The average Bonchev–Trinajstić information content (AvgIpc) is 2.72. The van der Waals surface area contributed by atoms with Crippen LogP contribution in [0.1, 0.15) is 11.1 Å². The van der Waals surface area contributed by atoms with Gasteiger partial charge in [-0.15, -0.1) is 0 Å². The van der Waals surface area contributed by atoms with Gasteiger partial charge in [0.1, 0.15) is 5.82 Å². The lowest BCUT2D eigenvalue weighted by Crippen LogP contribution is -1.91. The fourth-order valence-electron chi connectivity index (χ4n) is 2.71. The van der Waals surface area contributed by atoms with Crippen LogP contribution < -0.4 is 4.74 Å². The highest BCUT2D eigenvalue weighted by atomic mass is 19.1. The molecular weight excluding hydrogens is 339 g/mol. The fraction of sp³-hybridized carbons (Fsp3) is 0.0435. The summed E-state index contributed by atoms with van der Waals surface area (Å²) in [7, 11) is 1.58. The van der Waals surface area contributed by atoms with Crippen molar-refractivity contribution >= 4 is 10.8 Å². The van der Waals surface area contributed by atoms with Crippen molar-refractivity contribution in [3.63, 3.8) is 0 Å². The van der Waals surface area contributed by atoms with Crippen molar-refractivity contribution in [2.45, 2.75) is 0 Å². The van der Waals surface area contributed by atoms with Crippen LogP contribution in [0, 0.1) is 17.7 Å². The molecule has 0 radical (unpaired) electrons. The summed E-state index contributed by atoms with van der Waals surface area (Å²) in [4.78, 5) is 8.56. The van der Waals surface area contributed by atoms with Crippen molar-refractivity contribution in [2.75, 3.05) is 7.11 Å². The third-order valence-corrected chi connectivity index (χ3v) is 4.16. The van der Waals surface area contributed by atoms with Gasteiger partial charge in [0.15, 0.2) is 11.6 Å². The molecule has 0 saturated carbocycles. The van der Waals surface area contributed by atoms with Crippen molar-refractivity contribution in [3.05, 3.63) is 90.0 Å². The van der Waals surface area contributed by atoms with Gasteiger partial charge in [0.25, 0.3) is 0 Å². The van der Waals surface area contributed by atoms with Crippen molar-refractivity contribution in [1.82, 2.24) is 9.97 Å². The van der Waals surface area contributed by atoms with E-state index in [1.165, 1.54) is 12.1 Å². The topological polar surface area (TPSA) is 35.0 Å². The molecule has 1 aromatic heterocycles. The number of hydrogen-bond donors (Lipinski definition) is 0. The van der Waals surface area contributed by atoms with E-state index in [2.05, 4.69) is 21.8 Å². The maximum Gasteiger partial charge on any atom is 0.159 e. The number of methoxy groups -OCH3 is 1. The highest BCUT2D eigenvalue weighted by Gasteiger charge is 2.01. The predicted molar refractivity (Wildman–Crippen MR) is 104 cm³/mol. The Labute approximate surface area is 156 Å². The first-order valence-corrected chi connectivity index (χ1v) is 8.39. The van der Waals surface area contributed by atoms with Gasteiger partial charge >= 0.3 is 0 Å². The van der Waals surface area contributed by atoms with E-state index >= 15 is 0 Å². The first kappa shape index (κ1) is 16.7. The van der Waals surface area contributed by atoms with E-state index in [1.807, 2.05) is 42.5 Å². The molecule has 3 nitrogen and oxygen atoms in total. The molecule has 0 unspecified atom stereocenters. The van der Waals surface area contributed by atoms with Gasteiger partial charge in [0.05, 0.1) is 19.5 Å². The third-order valence-electron chi connectivity index (χ3n) is 4.16. The van der Waals surface area contributed by atoms with Gasteiger partial charge in [-0.05, 0) is 59.3 Å². The molecule has 4 rings (SSSR count). The molecule has 0 saturated heterocycles. The molecule has 0 aliphatic carbocycles. The summed E-state index contributed by atoms with van der Waals surface area (Å²) >= 11 is 0. The smallest absolute Gasteiger partial charge is 0.159 e. The van der Waals surface area contributed by atoms with Crippen LogP contribution >= 0.6 is 0 Å². The second-order valence-corrected chi connectivity index (χ2v) is 5.98. The van der Waals surface area contributed by atoms with Gasteiger partial charge in [-0.2, -0.15) is 0 Å². The number of halogens is 1. The molecule has 0 amide bonds. The van der Waals surface area contributed by atoms with E-state index in [4.69, 9.17) is 4.74 Å². The first-order chi connectivity index (χ1) is 13.2. The average molecular weight is 354 g/mol. The highest BCUT2D eigenvalue weighted by molar-refractivity contribution is 5.84. The quantitative estimate of drug-likeness (QED) is 0.483. The molecule has 27 heavy (non-hydrogen) atoms. The van der Waals surface area contributed by atoms with Crippen molar-refractivity contribution in [2.24, 2.45) is 0 Å². The lowest BCUT2D eigenvalue weighted by molar-refractivity contribution is 0.411. The van der Waals surface area contributed by atoms with Crippen LogP contribution in [0.5, 0.6) is 5.75 Å². The second kappa shape index (κ2) is 7.27. The summed E-state index contributed by atoms with van der Waals surface area (Å²) in [5, 5.41) is 1.83. The van der Waals surface area contributed by atoms with E-state index in [0.29, 0.717) is 11.6 Å². The molecule has 4 aromatic rings. The van der Waals surface area contributed by atoms with Crippen LogP contribution in [-0.2, 0) is 0 Å². The summed E-state index contributed by atoms with van der Waals surface area (Å²) in [6.07, 6.45) is 3.28. The lowest BCUT2D eigenvalue weighted by atomic mass is 10.1. The molecule has 0 N–H and O–H groups in total. The van der Waals surface area contributed by atoms with E-state index in [0.717, 1.165) is 27.5 Å². The number of ether oxygens (including phenoxy) is 1. The zero-order valence-corrected chi connectivity index (χ0v) is 14.6. The number of hydrogen-bond acceptors (Lipinski definition) is 3. The van der Waals surface area contributed by atoms with Gasteiger partial charge in [0, 0.05) is 16.7 Å². The van der Waals surface area contributed by atoms with Gasteiger partial charge in [0.2, 0.25) is 0 Å². The van der Waals surface area contributed by atoms with E-state index in [-0.39, 0.29) is 5.82 Å². The van der Waals surface area contributed by atoms with Crippen molar-refractivity contribution in [3.8, 4) is 29.0 Å². The molecule has 4 heteroatoms. The molecule has 0 atom stereocenters. The summed E-state index contributed by atoms with van der Waals surface area (Å²) in [6.45, 7) is 0. The SMILES string of the molecule is COc1cnc(-c2ccc(C#Cc3ccc4cc(F)ccc4c3)cc2)nc1. The summed E-state index contributed by atoms with van der Waals surface area (Å²) < 4.78 is 18.3. The minimum absolute atomic E-state index is 0.234. The monoisotopic (exact) mass is 354 g/mol. The van der Waals surface area contributed by atoms with Crippen LogP contribution in [-0.4, -0.2) is 17.1 Å². The number of rotatable bonds is 2. The van der Waals surface area contributed by atoms with Crippen LogP contribution in [0.4, 0.5) is 4.39 Å². The lowest BCUT2D eigenvalue weighted by Gasteiger charge is -2.02. The van der Waals surface area contributed by atoms with Crippen LogP contribution in [0.2, 0.25) is 0 Å². The Morgan fingerprint density at radius 2 is 1.41 bits per heavy atom. The second-order valence-electron chi connectivity index (χ2n) is 5.98. The summed E-state index contributed by atoms with van der Waals surface area (Å²) in [5.41, 5.74) is 2.69. The standard InChI is InChI=1S/C23H15FN2O/c1-27-22-14-25-23(26-15-22)18-7-4-16(5-8-18)2-3-17-6-9-20-13-21(24)11-10-19(20)12-17/h4-15H,1H3. The number of fused-ring (bicyclic) bond motifs is 1. The Bertz CT molecular complexity index is 1160. The fourth-order valence-corrected chi connectivity index (χ4v) is 2.71. The molecule has 0 aliphatic rings. The molecule has 0 fully saturated rings. The zero-order valence-electron chi connectivity index (χ0n) is 14.6. The van der Waals surface area contributed by atoms with E-state index in [1.54, 1.807) is 25.6 Å². The van der Waals surface area contributed by atoms with E-state index in [9.17, 15) is 4.39 Å². The van der Waals surface area contributed by atoms with Crippen LogP contribution in [0.3, 0.4) is 0 Å². The highest BCUT2D eigenvalue weighted by Crippen LogP contribution is 2.18. The van der Waals surface area contributed by atoms with Crippen LogP contribution in [0.25, 0.3) is 22.2 Å². The molecule has 0 aliphatic heterocycles. The first-order valence-electron chi connectivity index (χ1n) is 8.39. The van der Waals surface area contributed by atoms with Gasteiger partial charge < -0.3 is 4.74 Å². The minimum Gasteiger partial charge on any atom is -0.494 e. The molecule has 0 bridgehead atoms. The Hall–Kier alpha value is -3.71. The number of benzene rings is 3. The van der Waals surface area contributed by atoms with Gasteiger partial charge in [-0.1, -0.05) is 24.0 Å². The van der Waals surface area contributed by atoms with Crippen LogP contribution in [0.15, 0.2) is 73.1 Å². The predicted octanol–water partition coefficient (Wildman–Crippen LogP) is 4.84. The Morgan fingerprint density at radius 3 is 2.15 bits per heavy atom. The van der Waals surface area contributed by atoms with Crippen molar-refractivity contribution < 1.29 is 9.13 Å². The minimum atomic E-state index is -0.234. The van der Waals surface area contributed by atoms with Crippen molar-refractivity contribution in [1.29, 1.82) is 0 Å². The van der Waals surface area contributed by atoms with Gasteiger partial charge in [-0.25, -0.2) is 14.4 Å². The Morgan fingerprint density at radius 1 is 0.778 bits per heavy atom. The summed E-state index contributed by atoms with van der Waals surface area (Å²) in [5.74, 6) is 7.33. The van der Waals surface area contributed by atoms with E-state index < -0.39 is 0 Å².